The SMILES string of the molecule is CCN(CC1CCOC1)C(=O)c1sccc1-n1cccc1. The molecule has 0 aliphatic carbocycles. The molecule has 112 valence electrons. The Morgan fingerprint density at radius 2 is 2.29 bits per heavy atom. The average Bonchev–Trinajstić information content (AvgIpc) is 3.25. The predicted octanol–water partition coefficient (Wildman–Crippen LogP) is 3.04. The molecule has 0 aromatic carbocycles. The van der Waals surface area contributed by atoms with Gasteiger partial charge >= 0.3 is 0 Å². The van der Waals surface area contributed by atoms with Crippen molar-refractivity contribution in [3.8, 4) is 5.69 Å². The van der Waals surface area contributed by atoms with E-state index >= 15 is 0 Å². The lowest BCUT2D eigenvalue weighted by molar-refractivity contribution is 0.0735. The number of carbonyl (C=O) groups excluding carboxylic acids is 1. The highest BCUT2D eigenvalue weighted by Crippen LogP contribution is 2.24. The van der Waals surface area contributed by atoms with Crippen molar-refractivity contribution >= 4 is 17.2 Å². The summed E-state index contributed by atoms with van der Waals surface area (Å²) in [6.07, 6.45) is 5.00. The Balaban J connectivity index is 1.78. The van der Waals surface area contributed by atoms with Gasteiger partial charge in [0, 0.05) is 38.0 Å². The van der Waals surface area contributed by atoms with Gasteiger partial charge in [0.15, 0.2) is 0 Å². The number of thiophene rings is 1. The maximum absolute atomic E-state index is 12.8. The molecule has 3 heterocycles. The van der Waals surface area contributed by atoms with Crippen molar-refractivity contribution in [3.63, 3.8) is 0 Å². The van der Waals surface area contributed by atoms with Gasteiger partial charge in [-0.25, -0.2) is 0 Å². The van der Waals surface area contributed by atoms with Gasteiger partial charge in [0.2, 0.25) is 0 Å². The van der Waals surface area contributed by atoms with Gasteiger partial charge in [0.05, 0.1) is 12.3 Å². The summed E-state index contributed by atoms with van der Waals surface area (Å²) in [4.78, 5) is 15.6. The van der Waals surface area contributed by atoms with Gasteiger partial charge < -0.3 is 14.2 Å². The summed E-state index contributed by atoms with van der Waals surface area (Å²) in [5, 5.41) is 1.98. The van der Waals surface area contributed by atoms with E-state index in [9.17, 15) is 4.79 Å². The van der Waals surface area contributed by atoms with Crippen LogP contribution in [0.3, 0.4) is 0 Å². The third kappa shape index (κ3) is 3.04. The normalized spacial score (nSPS) is 18.0. The van der Waals surface area contributed by atoms with Crippen LogP contribution in [0, 0.1) is 5.92 Å². The first kappa shape index (κ1) is 14.4. The fraction of sp³-hybridized carbons (Fsp3) is 0.438. The van der Waals surface area contributed by atoms with Gasteiger partial charge in [0.1, 0.15) is 4.88 Å². The third-order valence-corrected chi connectivity index (χ3v) is 4.78. The van der Waals surface area contributed by atoms with Crippen LogP contribution in [0.2, 0.25) is 0 Å². The Morgan fingerprint density at radius 1 is 1.48 bits per heavy atom. The van der Waals surface area contributed by atoms with E-state index in [4.69, 9.17) is 4.74 Å². The van der Waals surface area contributed by atoms with Crippen molar-refractivity contribution in [1.29, 1.82) is 0 Å². The van der Waals surface area contributed by atoms with E-state index in [0.29, 0.717) is 5.92 Å². The van der Waals surface area contributed by atoms with E-state index in [1.165, 1.54) is 11.3 Å². The van der Waals surface area contributed by atoms with Gasteiger partial charge in [-0.15, -0.1) is 11.3 Å². The molecule has 0 radical (unpaired) electrons. The van der Waals surface area contributed by atoms with E-state index in [-0.39, 0.29) is 5.91 Å². The molecule has 2 aromatic rings. The second-order valence-corrected chi connectivity index (χ2v) is 6.21. The minimum Gasteiger partial charge on any atom is -0.381 e. The van der Waals surface area contributed by atoms with E-state index in [0.717, 1.165) is 43.3 Å². The van der Waals surface area contributed by atoms with Crippen molar-refractivity contribution in [1.82, 2.24) is 9.47 Å². The highest BCUT2D eigenvalue weighted by Gasteiger charge is 2.24. The van der Waals surface area contributed by atoms with Crippen molar-refractivity contribution in [2.24, 2.45) is 5.92 Å². The number of hydrogen-bond acceptors (Lipinski definition) is 3. The zero-order valence-corrected chi connectivity index (χ0v) is 13.0. The zero-order valence-electron chi connectivity index (χ0n) is 12.2. The molecule has 21 heavy (non-hydrogen) atoms. The van der Waals surface area contributed by atoms with Crippen molar-refractivity contribution in [2.75, 3.05) is 26.3 Å². The molecule has 1 aliphatic rings. The minimum absolute atomic E-state index is 0.128. The van der Waals surface area contributed by atoms with E-state index in [2.05, 4.69) is 0 Å². The molecular formula is C16H20N2O2S. The maximum Gasteiger partial charge on any atom is 0.266 e. The topological polar surface area (TPSA) is 34.5 Å². The summed E-state index contributed by atoms with van der Waals surface area (Å²) in [7, 11) is 0. The quantitative estimate of drug-likeness (QED) is 0.851. The number of aromatic nitrogens is 1. The predicted molar refractivity (Wildman–Crippen MR) is 84.1 cm³/mol. The molecule has 5 heteroatoms. The smallest absolute Gasteiger partial charge is 0.266 e. The second-order valence-electron chi connectivity index (χ2n) is 5.30. The Bertz CT molecular complexity index is 585. The fourth-order valence-corrected chi connectivity index (χ4v) is 3.56. The molecular weight excluding hydrogens is 284 g/mol. The van der Waals surface area contributed by atoms with Crippen molar-refractivity contribution in [2.45, 2.75) is 13.3 Å². The van der Waals surface area contributed by atoms with Crippen molar-refractivity contribution < 1.29 is 9.53 Å². The molecule has 1 atom stereocenters. The number of nitrogens with zero attached hydrogens (tertiary/aromatic N) is 2. The standard InChI is InChI=1S/C16H20N2O2S/c1-2-17(11-13-5-9-20-12-13)16(19)15-14(6-10-21-15)18-7-3-4-8-18/h3-4,6-8,10,13H,2,5,9,11-12H2,1H3. The first-order chi connectivity index (χ1) is 10.3. The fourth-order valence-electron chi connectivity index (χ4n) is 2.70. The van der Waals surface area contributed by atoms with E-state index in [1.54, 1.807) is 0 Å². The lowest BCUT2D eigenvalue weighted by Crippen LogP contribution is -2.35. The molecule has 2 aromatic heterocycles. The second kappa shape index (κ2) is 6.45. The molecule has 1 amide bonds. The number of amides is 1. The summed E-state index contributed by atoms with van der Waals surface area (Å²) in [5.74, 6) is 0.604. The minimum atomic E-state index is 0.128. The molecule has 3 rings (SSSR count). The van der Waals surface area contributed by atoms with E-state index in [1.807, 2.05) is 52.4 Å². The molecule has 1 aliphatic heterocycles. The number of carbonyl (C=O) groups is 1. The van der Waals surface area contributed by atoms with Crippen LogP contribution in [-0.4, -0.2) is 41.7 Å². The molecule has 4 nitrogen and oxygen atoms in total. The Hall–Kier alpha value is -1.59. The molecule has 1 saturated heterocycles. The van der Waals surface area contributed by atoms with Crippen LogP contribution in [0.5, 0.6) is 0 Å². The van der Waals surface area contributed by atoms with Gasteiger partial charge in [0.25, 0.3) is 5.91 Å². The zero-order chi connectivity index (χ0) is 14.7. The van der Waals surface area contributed by atoms with Crippen LogP contribution in [0.25, 0.3) is 5.69 Å². The summed E-state index contributed by atoms with van der Waals surface area (Å²) in [6.45, 7) is 5.16. The lowest BCUT2D eigenvalue weighted by atomic mass is 10.1. The molecule has 1 unspecified atom stereocenters. The summed E-state index contributed by atoms with van der Waals surface area (Å²) in [5.41, 5.74) is 0.969. The van der Waals surface area contributed by atoms with Crippen LogP contribution in [0.4, 0.5) is 0 Å². The molecule has 0 saturated carbocycles. The number of hydrogen-bond donors (Lipinski definition) is 0. The monoisotopic (exact) mass is 304 g/mol. The van der Waals surface area contributed by atoms with E-state index < -0.39 is 0 Å². The van der Waals surface area contributed by atoms with Gasteiger partial charge in [-0.1, -0.05) is 0 Å². The summed E-state index contributed by atoms with van der Waals surface area (Å²) >= 11 is 1.51. The third-order valence-electron chi connectivity index (χ3n) is 3.89. The van der Waals surface area contributed by atoms with Crippen molar-refractivity contribution in [3.05, 3.63) is 40.8 Å². The van der Waals surface area contributed by atoms with Crippen LogP contribution in [-0.2, 0) is 4.74 Å². The Kier molecular flexibility index (Phi) is 4.41. The van der Waals surface area contributed by atoms with Crippen LogP contribution in [0.15, 0.2) is 36.0 Å². The average molecular weight is 304 g/mol. The van der Waals surface area contributed by atoms with Gasteiger partial charge in [-0.3, -0.25) is 4.79 Å². The highest BCUT2D eigenvalue weighted by atomic mass is 32.1. The van der Waals surface area contributed by atoms with Crippen LogP contribution in [0.1, 0.15) is 23.0 Å². The lowest BCUT2D eigenvalue weighted by Gasteiger charge is -2.23. The highest BCUT2D eigenvalue weighted by molar-refractivity contribution is 7.12. The summed E-state index contributed by atoms with van der Waals surface area (Å²) in [6, 6.07) is 5.95. The molecule has 0 N–H and O–H groups in total. The molecule has 1 fully saturated rings. The first-order valence-electron chi connectivity index (χ1n) is 7.37. The molecule has 0 spiro atoms. The maximum atomic E-state index is 12.8. The number of ether oxygens (including phenoxy) is 1. The van der Waals surface area contributed by atoms with Gasteiger partial charge in [-0.05, 0) is 36.9 Å². The Labute approximate surface area is 128 Å². The number of rotatable bonds is 5. The molecule has 0 bridgehead atoms. The van der Waals surface area contributed by atoms with Crippen LogP contribution < -0.4 is 0 Å². The summed E-state index contributed by atoms with van der Waals surface area (Å²) < 4.78 is 7.41. The largest absolute Gasteiger partial charge is 0.381 e. The van der Waals surface area contributed by atoms with Gasteiger partial charge in [-0.2, -0.15) is 0 Å². The first-order valence-corrected chi connectivity index (χ1v) is 8.25. The Morgan fingerprint density at radius 3 is 2.95 bits per heavy atom. The van der Waals surface area contributed by atoms with Crippen LogP contribution >= 0.6 is 11.3 Å².